The summed E-state index contributed by atoms with van der Waals surface area (Å²) in [5.41, 5.74) is 1.91. The topological polar surface area (TPSA) is 49.7 Å². The second kappa shape index (κ2) is 5.87. The van der Waals surface area contributed by atoms with E-state index in [0.717, 1.165) is 5.56 Å². The van der Waals surface area contributed by atoms with Gasteiger partial charge in [-0.15, -0.1) is 0 Å². The fourth-order valence-electron chi connectivity index (χ4n) is 1.64. The molecule has 0 aliphatic heterocycles. The van der Waals surface area contributed by atoms with E-state index in [1.807, 2.05) is 18.2 Å². The molecule has 1 rings (SSSR count). The molecule has 3 nitrogen and oxygen atoms in total. The summed E-state index contributed by atoms with van der Waals surface area (Å²) in [4.78, 5) is 0. The van der Waals surface area contributed by atoms with Crippen LogP contribution in [0, 0.1) is 0 Å². The van der Waals surface area contributed by atoms with Crippen LogP contribution in [0.2, 0.25) is 0 Å². The Bertz CT molecular complexity index is 334. The van der Waals surface area contributed by atoms with Crippen molar-refractivity contribution >= 4 is 0 Å². The Kier molecular flexibility index (Phi) is 4.77. The summed E-state index contributed by atoms with van der Waals surface area (Å²) in [6.45, 7) is 4.19. The highest BCUT2D eigenvalue weighted by atomic mass is 16.5. The lowest BCUT2D eigenvalue weighted by Crippen LogP contribution is -2.03. The number of aliphatic hydroxyl groups is 2. The number of methoxy groups -OCH3 is 1. The van der Waals surface area contributed by atoms with E-state index < -0.39 is 6.10 Å². The van der Waals surface area contributed by atoms with Crippen molar-refractivity contribution in [3.05, 3.63) is 29.3 Å². The van der Waals surface area contributed by atoms with Gasteiger partial charge in [-0.3, -0.25) is 0 Å². The molecule has 2 N–H and O–H groups in total. The van der Waals surface area contributed by atoms with Gasteiger partial charge in [-0.05, 0) is 17.5 Å². The van der Waals surface area contributed by atoms with Crippen molar-refractivity contribution in [2.45, 2.75) is 32.3 Å². The van der Waals surface area contributed by atoms with E-state index in [0.29, 0.717) is 18.1 Å². The molecule has 16 heavy (non-hydrogen) atoms. The Morgan fingerprint density at radius 3 is 2.50 bits per heavy atom. The lowest BCUT2D eigenvalue weighted by Gasteiger charge is -2.16. The minimum absolute atomic E-state index is 0.0315. The first-order chi connectivity index (χ1) is 7.60. The average molecular weight is 224 g/mol. The largest absolute Gasteiger partial charge is 0.496 e. The van der Waals surface area contributed by atoms with Gasteiger partial charge in [0, 0.05) is 18.6 Å². The second-order valence-electron chi connectivity index (χ2n) is 4.18. The van der Waals surface area contributed by atoms with Crippen molar-refractivity contribution in [3.8, 4) is 5.75 Å². The van der Waals surface area contributed by atoms with Crippen LogP contribution in [-0.4, -0.2) is 23.9 Å². The Morgan fingerprint density at radius 1 is 1.31 bits per heavy atom. The smallest absolute Gasteiger partial charge is 0.124 e. The Hall–Kier alpha value is -1.06. The first kappa shape index (κ1) is 13.0. The summed E-state index contributed by atoms with van der Waals surface area (Å²) in [5, 5.41) is 18.6. The monoisotopic (exact) mass is 224 g/mol. The van der Waals surface area contributed by atoms with Gasteiger partial charge in [0.1, 0.15) is 5.75 Å². The molecule has 1 atom stereocenters. The predicted octanol–water partition coefficient (Wildman–Crippen LogP) is 2.23. The molecule has 0 fully saturated rings. The van der Waals surface area contributed by atoms with Crippen molar-refractivity contribution in [2.75, 3.05) is 13.7 Å². The Balaban J connectivity index is 3.01. The number of hydrogen-bond acceptors (Lipinski definition) is 3. The maximum Gasteiger partial charge on any atom is 0.124 e. The number of rotatable bonds is 5. The number of hydrogen-bond donors (Lipinski definition) is 2. The molecule has 1 unspecified atom stereocenters. The summed E-state index contributed by atoms with van der Waals surface area (Å²) in [7, 11) is 1.59. The maximum absolute atomic E-state index is 9.82. The summed E-state index contributed by atoms with van der Waals surface area (Å²) >= 11 is 0. The standard InChI is InChI=1S/C13H20O3/c1-9(2)10-4-5-11(12(15)6-7-14)13(8-10)16-3/h4-5,8-9,12,14-15H,6-7H2,1-3H3. The molecule has 0 aliphatic rings. The van der Waals surface area contributed by atoms with Crippen LogP contribution in [0.25, 0.3) is 0 Å². The Labute approximate surface area is 96.7 Å². The molecular formula is C13H20O3. The quantitative estimate of drug-likeness (QED) is 0.806. The molecule has 0 aliphatic carbocycles. The molecule has 1 aromatic carbocycles. The van der Waals surface area contributed by atoms with Gasteiger partial charge in [0.2, 0.25) is 0 Å². The van der Waals surface area contributed by atoms with Crippen molar-refractivity contribution in [1.29, 1.82) is 0 Å². The van der Waals surface area contributed by atoms with E-state index >= 15 is 0 Å². The highest BCUT2D eigenvalue weighted by Crippen LogP contribution is 2.30. The van der Waals surface area contributed by atoms with E-state index in [9.17, 15) is 5.11 Å². The molecule has 0 bridgehead atoms. The predicted molar refractivity (Wildman–Crippen MR) is 63.7 cm³/mol. The molecule has 0 heterocycles. The molecule has 0 spiro atoms. The zero-order valence-corrected chi connectivity index (χ0v) is 10.1. The molecule has 0 saturated carbocycles. The van der Waals surface area contributed by atoms with Crippen LogP contribution in [0.4, 0.5) is 0 Å². The van der Waals surface area contributed by atoms with Crippen molar-refractivity contribution in [3.63, 3.8) is 0 Å². The third-order valence-corrected chi connectivity index (χ3v) is 2.69. The minimum atomic E-state index is -0.666. The van der Waals surface area contributed by atoms with Gasteiger partial charge in [-0.25, -0.2) is 0 Å². The first-order valence-electron chi connectivity index (χ1n) is 5.57. The average Bonchev–Trinajstić information content (AvgIpc) is 2.28. The normalized spacial score (nSPS) is 12.9. The van der Waals surface area contributed by atoms with Crippen molar-refractivity contribution < 1.29 is 14.9 Å². The SMILES string of the molecule is COc1cc(C(C)C)ccc1C(O)CCO. The molecule has 0 saturated heterocycles. The summed E-state index contributed by atoms with van der Waals surface area (Å²) in [6.07, 6.45) is -0.335. The van der Waals surface area contributed by atoms with Crippen molar-refractivity contribution in [1.82, 2.24) is 0 Å². The van der Waals surface area contributed by atoms with E-state index in [1.54, 1.807) is 7.11 Å². The number of aliphatic hydroxyl groups excluding tert-OH is 2. The lowest BCUT2D eigenvalue weighted by molar-refractivity contribution is 0.131. The lowest BCUT2D eigenvalue weighted by atomic mass is 9.98. The third-order valence-electron chi connectivity index (χ3n) is 2.69. The molecule has 3 heteroatoms. The fourth-order valence-corrected chi connectivity index (χ4v) is 1.64. The maximum atomic E-state index is 9.82. The first-order valence-corrected chi connectivity index (χ1v) is 5.57. The van der Waals surface area contributed by atoms with Crippen LogP contribution in [0.3, 0.4) is 0 Å². The fraction of sp³-hybridized carbons (Fsp3) is 0.538. The third kappa shape index (κ3) is 2.97. The van der Waals surface area contributed by atoms with Crippen LogP contribution < -0.4 is 4.74 Å². The molecule has 1 aromatic rings. The van der Waals surface area contributed by atoms with Crippen LogP contribution in [0.1, 0.15) is 43.4 Å². The van der Waals surface area contributed by atoms with Gasteiger partial charge in [-0.1, -0.05) is 26.0 Å². The van der Waals surface area contributed by atoms with Crippen LogP contribution in [0.15, 0.2) is 18.2 Å². The van der Waals surface area contributed by atoms with E-state index in [1.165, 1.54) is 5.56 Å². The molecule has 0 aromatic heterocycles. The summed E-state index contributed by atoms with van der Waals surface area (Å²) in [6, 6.07) is 5.80. The van der Waals surface area contributed by atoms with E-state index in [4.69, 9.17) is 9.84 Å². The van der Waals surface area contributed by atoms with Gasteiger partial charge >= 0.3 is 0 Å². The van der Waals surface area contributed by atoms with Crippen LogP contribution in [-0.2, 0) is 0 Å². The van der Waals surface area contributed by atoms with Crippen LogP contribution >= 0.6 is 0 Å². The summed E-state index contributed by atoms with van der Waals surface area (Å²) in [5.74, 6) is 1.12. The van der Waals surface area contributed by atoms with Gasteiger partial charge in [-0.2, -0.15) is 0 Å². The second-order valence-corrected chi connectivity index (χ2v) is 4.18. The zero-order chi connectivity index (χ0) is 12.1. The van der Waals surface area contributed by atoms with E-state index in [2.05, 4.69) is 13.8 Å². The van der Waals surface area contributed by atoms with E-state index in [-0.39, 0.29) is 6.61 Å². The molecule has 0 amide bonds. The number of benzene rings is 1. The van der Waals surface area contributed by atoms with Gasteiger partial charge < -0.3 is 14.9 Å². The molecular weight excluding hydrogens is 204 g/mol. The van der Waals surface area contributed by atoms with Crippen LogP contribution in [0.5, 0.6) is 5.75 Å². The highest BCUT2D eigenvalue weighted by Gasteiger charge is 2.13. The molecule has 0 radical (unpaired) electrons. The summed E-state index contributed by atoms with van der Waals surface area (Å²) < 4.78 is 5.26. The van der Waals surface area contributed by atoms with Crippen molar-refractivity contribution in [2.24, 2.45) is 0 Å². The van der Waals surface area contributed by atoms with Gasteiger partial charge in [0.25, 0.3) is 0 Å². The zero-order valence-electron chi connectivity index (χ0n) is 10.1. The van der Waals surface area contributed by atoms with Gasteiger partial charge in [0.15, 0.2) is 0 Å². The Morgan fingerprint density at radius 2 is 2.00 bits per heavy atom. The van der Waals surface area contributed by atoms with Gasteiger partial charge in [0.05, 0.1) is 13.2 Å². The highest BCUT2D eigenvalue weighted by molar-refractivity contribution is 5.40. The molecule has 90 valence electrons. The number of ether oxygens (including phenoxy) is 1. The minimum Gasteiger partial charge on any atom is -0.496 e.